The van der Waals surface area contributed by atoms with E-state index in [2.05, 4.69) is 5.32 Å². The first-order chi connectivity index (χ1) is 6.90. The maximum absolute atomic E-state index is 11.3. The van der Waals surface area contributed by atoms with Gasteiger partial charge < -0.3 is 16.8 Å². The molecule has 5 nitrogen and oxygen atoms in total. The zero-order valence-electron chi connectivity index (χ0n) is 9.51. The van der Waals surface area contributed by atoms with Crippen LogP contribution >= 0.6 is 0 Å². The summed E-state index contributed by atoms with van der Waals surface area (Å²) >= 11 is 0. The molecule has 0 unspecified atom stereocenters. The Balaban J connectivity index is 3.75. The molecule has 0 saturated heterocycles. The highest BCUT2D eigenvalue weighted by Gasteiger charge is 2.25. The number of carbonyl (C=O) groups excluding carboxylic acids is 2. The van der Waals surface area contributed by atoms with Crippen LogP contribution in [0.4, 0.5) is 0 Å². The van der Waals surface area contributed by atoms with Crippen molar-refractivity contribution in [2.24, 2.45) is 16.9 Å². The van der Waals surface area contributed by atoms with E-state index in [1.54, 1.807) is 13.8 Å². The zero-order chi connectivity index (χ0) is 11.9. The number of hydrogen-bond acceptors (Lipinski definition) is 3. The van der Waals surface area contributed by atoms with Crippen LogP contribution < -0.4 is 16.8 Å². The Morgan fingerprint density at radius 2 is 1.87 bits per heavy atom. The van der Waals surface area contributed by atoms with Gasteiger partial charge in [0, 0.05) is 13.0 Å². The third-order valence-electron chi connectivity index (χ3n) is 2.25. The van der Waals surface area contributed by atoms with E-state index in [0.29, 0.717) is 13.0 Å². The number of unbranched alkanes of at least 4 members (excludes halogenated alkanes) is 1. The van der Waals surface area contributed by atoms with Crippen molar-refractivity contribution in [1.29, 1.82) is 0 Å². The van der Waals surface area contributed by atoms with E-state index >= 15 is 0 Å². The second-order valence-electron chi connectivity index (χ2n) is 4.27. The predicted molar refractivity (Wildman–Crippen MR) is 58.9 cm³/mol. The molecule has 0 bridgehead atoms. The average Bonchev–Trinajstić information content (AvgIpc) is 2.15. The van der Waals surface area contributed by atoms with Crippen molar-refractivity contribution in [2.75, 3.05) is 13.1 Å². The van der Waals surface area contributed by atoms with Crippen LogP contribution in [0.3, 0.4) is 0 Å². The van der Waals surface area contributed by atoms with Gasteiger partial charge in [0.2, 0.25) is 11.8 Å². The van der Waals surface area contributed by atoms with Crippen molar-refractivity contribution >= 4 is 11.8 Å². The normalized spacial score (nSPS) is 11.1. The SMILES string of the molecule is CC(C)(CNC(=O)CCCCN)C(N)=O. The Morgan fingerprint density at radius 1 is 1.27 bits per heavy atom. The molecule has 0 aliphatic rings. The summed E-state index contributed by atoms with van der Waals surface area (Å²) in [6.45, 7) is 4.29. The lowest BCUT2D eigenvalue weighted by Gasteiger charge is -2.20. The minimum absolute atomic E-state index is 0.0576. The molecular weight excluding hydrogens is 194 g/mol. The van der Waals surface area contributed by atoms with Crippen LogP contribution in [0.2, 0.25) is 0 Å². The highest BCUT2D eigenvalue weighted by Crippen LogP contribution is 2.11. The van der Waals surface area contributed by atoms with Crippen LogP contribution in [0.25, 0.3) is 0 Å². The molecule has 0 spiro atoms. The Hall–Kier alpha value is -1.10. The van der Waals surface area contributed by atoms with E-state index in [1.165, 1.54) is 0 Å². The van der Waals surface area contributed by atoms with Gasteiger partial charge in [0.15, 0.2) is 0 Å². The van der Waals surface area contributed by atoms with Gasteiger partial charge >= 0.3 is 0 Å². The van der Waals surface area contributed by atoms with E-state index in [4.69, 9.17) is 11.5 Å². The Morgan fingerprint density at radius 3 is 2.33 bits per heavy atom. The van der Waals surface area contributed by atoms with Crippen LogP contribution in [0, 0.1) is 5.41 Å². The summed E-state index contributed by atoms with van der Waals surface area (Å²) in [4.78, 5) is 22.2. The van der Waals surface area contributed by atoms with Crippen molar-refractivity contribution in [3.8, 4) is 0 Å². The van der Waals surface area contributed by atoms with Gasteiger partial charge in [-0.05, 0) is 33.2 Å². The van der Waals surface area contributed by atoms with Gasteiger partial charge in [-0.2, -0.15) is 0 Å². The Bertz CT molecular complexity index is 227. The second-order valence-corrected chi connectivity index (χ2v) is 4.27. The average molecular weight is 215 g/mol. The molecule has 0 rings (SSSR count). The molecule has 5 heteroatoms. The largest absolute Gasteiger partial charge is 0.369 e. The lowest BCUT2D eigenvalue weighted by atomic mass is 9.93. The first kappa shape index (κ1) is 13.9. The minimum atomic E-state index is -0.691. The predicted octanol–water partition coefficient (Wildman–Crippen LogP) is -0.257. The summed E-state index contributed by atoms with van der Waals surface area (Å²) in [5, 5.41) is 2.68. The molecule has 0 radical (unpaired) electrons. The third kappa shape index (κ3) is 6.06. The first-order valence-corrected chi connectivity index (χ1v) is 5.17. The molecule has 2 amide bonds. The number of carbonyl (C=O) groups is 2. The summed E-state index contributed by atoms with van der Waals surface area (Å²) in [6.07, 6.45) is 2.07. The monoisotopic (exact) mass is 215 g/mol. The molecule has 0 heterocycles. The van der Waals surface area contributed by atoms with Crippen LogP contribution in [-0.4, -0.2) is 24.9 Å². The van der Waals surface area contributed by atoms with Crippen LogP contribution in [-0.2, 0) is 9.59 Å². The molecule has 0 atom stereocenters. The second kappa shape index (κ2) is 6.40. The lowest BCUT2D eigenvalue weighted by molar-refractivity contribution is -0.127. The molecule has 88 valence electrons. The van der Waals surface area contributed by atoms with Gasteiger partial charge in [-0.3, -0.25) is 9.59 Å². The van der Waals surface area contributed by atoms with Crippen molar-refractivity contribution in [2.45, 2.75) is 33.1 Å². The topological polar surface area (TPSA) is 98.2 Å². The molecule has 0 aliphatic carbocycles. The summed E-state index contributed by atoms with van der Waals surface area (Å²) in [7, 11) is 0. The van der Waals surface area contributed by atoms with Crippen LogP contribution in [0.1, 0.15) is 33.1 Å². The maximum atomic E-state index is 11.3. The number of hydrogen-bond donors (Lipinski definition) is 3. The minimum Gasteiger partial charge on any atom is -0.369 e. The number of primary amides is 1. The molecule has 15 heavy (non-hydrogen) atoms. The van der Waals surface area contributed by atoms with Gasteiger partial charge in [0.05, 0.1) is 5.41 Å². The smallest absolute Gasteiger partial charge is 0.224 e. The third-order valence-corrected chi connectivity index (χ3v) is 2.25. The van der Waals surface area contributed by atoms with E-state index in [-0.39, 0.29) is 12.5 Å². The Labute approximate surface area is 90.6 Å². The van der Waals surface area contributed by atoms with E-state index in [0.717, 1.165) is 12.8 Å². The van der Waals surface area contributed by atoms with Gasteiger partial charge in [-0.25, -0.2) is 0 Å². The van der Waals surface area contributed by atoms with Crippen LogP contribution in [0.5, 0.6) is 0 Å². The molecular formula is C10H21N3O2. The van der Waals surface area contributed by atoms with Gasteiger partial charge in [-0.15, -0.1) is 0 Å². The number of nitrogens with two attached hydrogens (primary N) is 2. The van der Waals surface area contributed by atoms with Gasteiger partial charge in [-0.1, -0.05) is 0 Å². The molecule has 0 fully saturated rings. The Kier molecular flexibility index (Phi) is 5.93. The first-order valence-electron chi connectivity index (χ1n) is 5.17. The molecule has 0 aliphatic heterocycles. The van der Waals surface area contributed by atoms with Crippen LogP contribution in [0.15, 0.2) is 0 Å². The molecule has 0 aromatic heterocycles. The quantitative estimate of drug-likeness (QED) is 0.510. The zero-order valence-corrected chi connectivity index (χ0v) is 9.51. The summed E-state index contributed by atoms with van der Waals surface area (Å²) < 4.78 is 0. The highest BCUT2D eigenvalue weighted by molar-refractivity contribution is 5.82. The number of rotatable bonds is 7. The van der Waals surface area contributed by atoms with E-state index in [9.17, 15) is 9.59 Å². The van der Waals surface area contributed by atoms with Crippen molar-refractivity contribution in [1.82, 2.24) is 5.32 Å². The summed E-state index contributed by atoms with van der Waals surface area (Å²) in [5.41, 5.74) is 9.79. The fourth-order valence-electron chi connectivity index (χ4n) is 0.925. The summed E-state index contributed by atoms with van der Waals surface area (Å²) in [6, 6.07) is 0. The molecule has 0 aromatic rings. The van der Waals surface area contributed by atoms with Gasteiger partial charge in [0.25, 0.3) is 0 Å². The fraction of sp³-hybridized carbons (Fsp3) is 0.800. The number of amides is 2. The van der Waals surface area contributed by atoms with Crippen molar-refractivity contribution in [3.63, 3.8) is 0 Å². The van der Waals surface area contributed by atoms with E-state index in [1.807, 2.05) is 0 Å². The maximum Gasteiger partial charge on any atom is 0.224 e. The number of nitrogens with one attached hydrogen (secondary N) is 1. The van der Waals surface area contributed by atoms with Crippen molar-refractivity contribution in [3.05, 3.63) is 0 Å². The molecule has 0 saturated carbocycles. The van der Waals surface area contributed by atoms with Gasteiger partial charge in [0.1, 0.15) is 0 Å². The molecule has 5 N–H and O–H groups in total. The standard InChI is InChI=1S/C10H21N3O2/c1-10(2,9(12)15)7-13-8(14)5-3-4-6-11/h3-7,11H2,1-2H3,(H2,12,15)(H,13,14). The van der Waals surface area contributed by atoms with E-state index < -0.39 is 11.3 Å². The highest BCUT2D eigenvalue weighted by atomic mass is 16.2. The summed E-state index contributed by atoms with van der Waals surface area (Å²) in [5.74, 6) is -0.470. The molecule has 0 aromatic carbocycles. The lowest BCUT2D eigenvalue weighted by Crippen LogP contribution is -2.42. The van der Waals surface area contributed by atoms with Crippen molar-refractivity contribution < 1.29 is 9.59 Å². The fourth-order valence-corrected chi connectivity index (χ4v) is 0.925.